The molecule has 0 amide bonds. The topological polar surface area (TPSA) is 33.5 Å². The highest BCUT2D eigenvalue weighted by atomic mass is 16.5. The van der Waals surface area contributed by atoms with Gasteiger partial charge in [0.2, 0.25) is 0 Å². The first-order chi connectivity index (χ1) is 37.6. The van der Waals surface area contributed by atoms with Crippen LogP contribution in [0.25, 0.3) is 49.9 Å². The number of rotatable bonds is 11. The number of pyridine rings is 1. The lowest BCUT2D eigenvalue weighted by Crippen LogP contribution is -2.32. The fourth-order valence-corrected chi connectivity index (χ4v) is 11.9. The summed E-state index contributed by atoms with van der Waals surface area (Å²) in [5, 5.41) is 2.31. The molecule has 79 heavy (non-hydrogen) atoms. The van der Waals surface area contributed by atoms with Gasteiger partial charge >= 0.3 is 0 Å². The van der Waals surface area contributed by atoms with Gasteiger partial charge in [0.15, 0.2) is 0 Å². The standard InChI is InChI=1S/C74H76N4O/c1-70(2,3)56-38-39-75-67(46-56)78-65-37-34-52(50-26-18-14-19-27-50)42-64(65)63-36-35-61(48-66(63)78)79-62-45-58(74(12,13)55-32-24-17-25-33-55)44-60(47-62)77-49-76(68(71(4,5)6)69(77)72(7,8)9)59-41-53(51-28-20-15-21-29-51)40-57(43-59)73(10,11)54-30-22-16-23-31-54/h14-48H,49H2,1-13H3. The molecule has 0 saturated heterocycles. The Morgan fingerprint density at radius 3 is 1.42 bits per heavy atom. The summed E-state index contributed by atoms with van der Waals surface area (Å²) >= 11 is 0. The molecule has 0 N–H and O–H groups in total. The third kappa shape index (κ3) is 10.2. The Morgan fingerprint density at radius 2 is 0.873 bits per heavy atom. The molecule has 0 unspecified atom stereocenters. The molecular weight excluding hydrogens is 961 g/mol. The van der Waals surface area contributed by atoms with Crippen molar-refractivity contribution in [2.45, 2.75) is 106 Å². The quantitative estimate of drug-likeness (QED) is 0.129. The van der Waals surface area contributed by atoms with Gasteiger partial charge in [0, 0.05) is 73.5 Å². The number of fused-ring (bicyclic) bond motifs is 3. The second-order valence-corrected chi connectivity index (χ2v) is 25.9. The summed E-state index contributed by atoms with van der Waals surface area (Å²) in [5.74, 6) is 2.41. The molecule has 5 heteroatoms. The Morgan fingerprint density at radius 1 is 0.354 bits per heavy atom. The Kier molecular flexibility index (Phi) is 13.4. The van der Waals surface area contributed by atoms with Crippen LogP contribution in [0.1, 0.15) is 118 Å². The largest absolute Gasteiger partial charge is 0.457 e. The van der Waals surface area contributed by atoms with Gasteiger partial charge in [-0.25, -0.2) is 4.98 Å². The van der Waals surface area contributed by atoms with E-state index in [1.54, 1.807) is 0 Å². The smallest absolute Gasteiger partial charge is 0.137 e. The van der Waals surface area contributed by atoms with E-state index in [0.29, 0.717) is 6.67 Å². The van der Waals surface area contributed by atoms with Crippen molar-refractivity contribution in [2.24, 2.45) is 10.8 Å². The van der Waals surface area contributed by atoms with Gasteiger partial charge < -0.3 is 14.5 Å². The molecule has 0 saturated carbocycles. The lowest BCUT2D eigenvalue weighted by atomic mass is 9.77. The highest BCUT2D eigenvalue weighted by Gasteiger charge is 2.43. The van der Waals surface area contributed by atoms with Crippen LogP contribution in [0.2, 0.25) is 0 Å². The molecule has 3 heterocycles. The van der Waals surface area contributed by atoms with Crippen LogP contribution in [0.4, 0.5) is 11.4 Å². The van der Waals surface area contributed by atoms with Gasteiger partial charge in [-0.3, -0.25) is 4.57 Å². The normalized spacial score (nSPS) is 13.7. The molecule has 0 fully saturated rings. The highest BCUT2D eigenvalue weighted by Crippen LogP contribution is 2.51. The second-order valence-electron chi connectivity index (χ2n) is 25.9. The Hall–Kier alpha value is -8.15. The molecule has 0 atom stereocenters. The first-order valence-corrected chi connectivity index (χ1v) is 28.1. The highest BCUT2D eigenvalue weighted by molar-refractivity contribution is 6.10. The summed E-state index contributed by atoms with van der Waals surface area (Å²) in [4.78, 5) is 10.2. The average Bonchev–Trinajstić information content (AvgIpc) is 4.14. The monoisotopic (exact) mass is 1040 g/mol. The SMILES string of the molecule is CC(C)(C)C1=C(C(C)(C)C)N(c2cc(-c3ccccc3)cc(C(C)(C)c3ccccc3)c2)CN1c1cc(Oc2ccc3c4cc(-c5ccccc5)ccc4n(-c4cc(C(C)(C)C)ccn4)c3c2)cc(C(C)(C)c2ccccc2)c1. The van der Waals surface area contributed by atoms with Crippen LogP contribution in [0.15, 0.2) is 224 Å². The first kappa shape index (κ1) is 52.9. The maximum absolute atomic E-state index is 7.31. The number of aromatic nitrogens is 2. The minimum Gasteiger partial charge on any atom is -0.457 e. The molecule has 0 radical (unpaired) electrons. The molecule has 10 aromatic rings. The van der Waals surface area contributed by atoms with Gasteiger partial charge in [-0.05, 0) is 116 Å². The summed E-state index contributed by atoms with van der Waals surface area (Å²) in [6.45, 7) is 31.0. The molecule has 1 aliphatic rings. The molecule has 0 spiro atoms. The van der Waals surface area contributed by atoms with Crippen LogP contribution in [0.5, 0.6) is 11.5 Å². The third-order valence-electron chi connectivity index (χ3n) is 16.4. The fourth-order valence-electron chi connectivity index (χ4n) is 11.9. The van der Waals surface area contributed by atoms with Crippen molar-refractivity contribution in [1.29, 1.82) is 0 Å². The van der Waals surface area contributed by atoms with Crippen molar-refractivity contribution in [3.63, 3.8) is 0 Å². The van der Waals surface area contributed by atoms with E-state index in [1.807, 2.05) is 6.20 Å². The first-order valence-electron chi connectivity index (χ1n) is 28.1. The van der Waals surface area contributed by atoms with Crippen LogP contribution in [-0.2, 0) is 16.2 Å². The summed E-state index contributed by atoms with van der Waals surface area (Å²) < 4.78 is 9.63. The molecular formula is C74H76N4O. The van der Waals surface area contributed by atoms with Gasteiger partial charge in [-0.15, -0.1) is 0 Å². The van der Waals surface area contributed by atoms with Crippen molar-refractivity contribution in [1.82, 2.24) is 9.55 Å². The van der Waals surface area contributed by atoms with E-state index < -0.39 is 0 Å². The van der Waals surface area contributed by atoms with Crippen LogP contribution < -0.4 is 14.5 Å². The fraction of sp³-hybridized carbons (Fsp3) is 0.257. The molecule has 1 aliphatic heterocycles. The molecule has 0 aliphatic carbocycles. The van der Waals surface area contributed by atoms with Crippen LogP contribution in [0.3, 0.4) is 0 Å². The molecule has 5 nitrogen and oxygen atoms in total. The number of allylic oxidation sites excluding steroid dienone is 2. The summed E-state index contributed by atoms with van der Waals surface area (Å²) in [7, 11) is 0. The van der Waals surface area contributed by atoms with Crippen LogP contribution in [-0.4, -0.2) is 16.2 Å². The van der Waals surface area contributed by atoms with E-state index in [2.05, 4.69) is 311 Å². The number of hydrogen-bond donors (Lipinski definition) is 0. The minimum absolute atomic E-state index is 0.0576. The van der Waals surface area contributed by atoms with Crippen LogP contribution >= 0.6 is 0 Å². The predicted molar refractivity (Wildman–Crippen MR) is 334 cm³/mol. The third-order valence-corrected chi connectivity index (χ3v) is 16.4. The minimum atomic E-state index is -0.369. The van der Waals surface area contributed by atoms with Gasteiger partial charge in [-0.2, -0.15) is 0 Å². The number of hydrogen-bond acceptors (Lipinski definition) is 4. The van der Waals surface area contributed by atoms with Gasteiger partial charge in [-0.1, -0.05) is 223 Å². The summed E-state index contributed by atoms with van der Waals surface area (Å²) in [5.41, 5.74) is 16.8. The molecule has 0 bridgehead atoms. The zero-order valence-corrected chi connectivity index (χ0v) is 48.6. The van der Waals surface area contributed by atoms with E-state index >= 15 is 0 Å². The Labute approximate surface area is 469 Å². The second kappa shape index (κ2) is 19.9. The number of anilines is 2. The maximum Gasteiger partial charge on any atom is 0.137 e. The van der Waals surface area contributed by atoms with E-state index in [4.69, 9.17) is 9.72 Å². The summed E-state index contributed by atoms with van der Waals surface area (Å²) in [6.07, 6.45) is 1.95. The van der Waals surface area contributed by atoms with Crippen molar-refractivity contribution in [3.8, 4) is 39.6 Å². The molecule has 398 valence electrons. The average molecular weight is 1040 g/mol. The van der Waals surface area contributed by atoms with E-state index in [9.17, 15) is 0 Å². The van der Waals surface area contributed by atoms with E-state index in [-0.39, 0.29) is 27.1 Å². The zero-order valence-electron chi connectivity index (χ0n) is 48.6. The van der Waals surface area contributed by atoms with E-state index in [0.717, 1.165) is 39.4 Å². The van der Waals surface area contributed by atoms with Crippen molar-refractivity contribution in [2.75, 3.05) is 16.5 Å². The van der Waals surface area contributed by atoms with Crippen LogP contribution in [0, 0.1) is 10.8 Å². The number of ether oxygens (including phenoxy) is 1. The van der Waals surface area contributed by atoms with Gasteiger partial charge in [0.05, 0.1) is 17.7 Å². The molecule has 11 rings (SSSR count). The number of nitrogens with zero attached hydrogens (tertiary/aromatic N) is 4. The molecule has 8 aromatic carbocycles. The van der Waals surface area contributed by atoms with Crippen molar-refractivity contribution >= 4 is 33.2 Å². The van der Waals surface area contributed by atoms with E-state index in [1.165, 1.54) is 72.5 Å². The Bertz CT molecular complexity index is 3880. The predicted octanol–water partition coefficient (Wildman–Crippen LogP) is 19.8. The van der Waals surface area contributed by atoms with Gasteiger partial charge in [0.1, 0.15) is 17.3 Å². The lowest BCUT2D eigenvalue weighted by molar-refractivity contribution is 0.444. The number of benzene rings is 8. The summed E-state index contributed by atoms with van der Waals surface area (Å²) in [6, 6.07) is 75.3. The molecule has 2 aromatic heterocycles. The lowest BCUT2D eigenvalue weighted by Gasteiger charge is -2.35. The zero-order chi connectivity index (χ0) is 55.6. The van der Waals surface area contributed by atoms with Crippen molar-refractivity contribution < 1.29 is 4.74 Å². The maximum atomic E-state index is 7.31. The van der Waals surface area contributed by atoms with Gasteiger partial charge in [0.25, 0.3) is 0 Å². The van der Waals surface area contributed by atoms with Crippen molar-refractivity contribution in [3.05, 3.63) is 252 Å². The Balaban J connectivity index is 1.09.